The molecule has 0 N–H and O–H groups in total. The molecule has 0 aliphatic carbocycles. The van der Waals surface area contributed by atoms with Gasteiger partial charge in [0.25, 0.3) is 0 Å². The van der Waals surface area contributed by atoms with Crippen LogP contribution >= 0.6 is 35.0 Å². The summed E-state index contributed by atoms with van der Waals surface area (Å²) in [6.45, 7) is 0. The lowest BCUT2D eigenvalue weighted by Gasteiger charge is -2.01. The van der Waals surface area contributed by atoms with E-state index in [1.807, 2.05) is 36.4 Å². The Bertz CT molecular complexity index is 707. The summed E-state index contributed by atoms with van der Waals surface area (Å²) >= 11 is 13.6. The van der Waals surface area contributed by atoms with Crippen molar-refractivity contribution in [3.8, 4) is 0 Å². The Morgan fingerprint density at radius 3 is 2.58 bits per heavy atom. The minimum atomic E-state index is 0.0386. The van der Waals surface area contributed by atoms with Crippen LogP contribution in [-0.4, -0.2) is 5.78 Å². The van der Waals surface area contributed by atoms with Crippen LogP contribution in [0.2, 0.25) is 10.0 Å². The molecular weight excluding hydrogens is 299 g/mol. The average molecular weight is 307 g/mol. The lowest BCUT2D eigenvalue weighted by atomic mass is 10.1. The average Bonchev–Trinajstić information content (AvgIpc) is 2.73. The monoisotopic (exact) mass is 306 g/mol. The van der Waals surface area contributed by atoms with Crippen molar-refractivity contribution in [2.45, 2.75) is 4.90 Å². The summed E-state index contributed by atoms with van der Waals surface area (Å²) in [5, 5.41) is 0.963. The number of ketones is 1. The Balaban J connectivity index is 2.04. The molecule has 1 nitrogen and oxygen atoms in total. The highest BCUT2D eigenvalue weighted by Crippen LogP contribution is 2.41. The van der Waals surface area contributed by atoms with Gasteiger partial charge in [-0.15, -0.1) is 0 Å². The van der Waals surface area contributed by atoms with Crippen LogP contribution in [0.1, 0.15) is 15.9 Å². The number of carbonyl (C=O) groups is 1. The molecule has 0 amide bonds. The van der Waals surface area contributed by atoms with E-state index in [0.717, 1.165) is 16.0 Å². The van der Waals surface area contributed by atoms with E-state index in [2.05, 4.69) is 0 Å². The van der Waals surface area contributed by atoms with Gasteiger partial charge < -0.3 is 0 Å². The number of allylic oxidation sites excluding steroid dienone is 1. The van der Waals surface area contributed by atoms with Gasteiger partial charge in [-0.1, -0.05) is 59.2 Å². The fourth-order valence-corrected chi connectivity index (χ4v) is 3.31. The Kier molecular flexibility index (Phi) is 3.40. The molecule has 2 aromatic rings. The number of benzene rings is 2. The van der Waals surface area contributed by atoms with Crippen LogP contribution in [0.25, 0.3) is 6.08 Å². The summed E-state index contributed by atoms with van der Waals surface area (Å²) < 4.78 is 0. The summed E-state index contributed by atoms with van der Waals surface area (Å²) in [7, 11) is 0. The molecule has 2 aromatic carbocycles. The largest absolute Gasteiger partial charge is 0.288 e. The maximum atomic E-state index is 12.2. The van der Waals surface area contributed by atoms with Crippen molar-refractivity contribution in [2.24, 2.45) is 0 Å². The van der Waals surface area contributed by atoms with Crippen LogP contribution < -0.4 is 0 Å². The van der Waals surface area contributed by atoms with Crippen molar-refractivity contribution in [3.63, 3.8) is 0 Å². The zero-order chi connectivity index (χ0) is 13.4. The highest BCUT2D eigenvalue weighted by Gasteiger charge is 2.25. The third-order valence-electron chi connectivity index (χ3n) is 2.84. The number of halogens is 2. The second-order valence-electron chi connectivity index (χ2n) is 4.08. The summed E-state index contributed by atoms with van der Waals surface area (Å²) in [6.07, 6.45) is 1.79. The Morgan fingerprint density at radius 2 is 1.79 bits per heavy atom. The summed E-state index contributed by atoms with van der Waals surface area (Å²) in [6, 6.07) is 13.0. The molecule has 1 aliphatic rings. The molecule has 4 heteroatoms. The third kappa shape index (κ3) is 2.32. The molecule has 0 fully saturated rings. The van der Waals surface area contributed by atoms with E-state index in [9.17, 15) is 4.79 Å². The minimum Gasteiger partial charge on any atom is -0.288 e. The minimum absolute atomic E-state index is 0.0386. The van der Waals surface area contributed by atoms with E-state index in [4.69, 9.17) is 23.2 Å². The van der Waals surface area contributed by atoms with Gasteiger partial charge in [0, 0.05) is 10.5 Å². The van der Waals surface area contributed by atoms with Gasteiger partial charge >= 0.3 is 0 Å². The molecule has 0 saturated carbocycles. The molecule has 94 valence electrons. The molecule has 0 atom stereocenters. The van der Waals surface area contributed by atoms with Gasteiger partial charge in [0.2, 0.25) is 5.78 Å². The molecule has 1 aliphatic heterocycles. The quantitative estimate of drug-likeness (QED) is 0.663. The van der Waals surface area contributed by atoms with Crippen molar-refractivity contribution >= 4 is 46.8 Å². The van der Waals surface area contributed by atoms with Gasteiger partial charge in [0.15, 0.2) is 0 Å². The van der Waals surface area contributed by atoms with Gasteiger partial charge in [-0.25, -0.2) is 0 Å². The lowest BCUT2D eigenvalue weighted by Crippen LogP contribution is -1.93. The highest BCUT2D eigenvalue weighted by atomic mass is 35.5. The van der Waals surface area contributed by atoms with Crippen LogP contribution in [0.4, 0.5) is 0 Å². The third-order valence-corrected chi connectivity index (χ3v) is 4.78. The zero-order valence-electron chi connectivity index (χ0n) is 9.69. The van der Waals surface area contributed by atoms with E-state index in [0.29, 0.717) is 15.0 Å². The van der Waals surface area contributed by atoms with E-state index in [1.54, 1.807) is 12.1 Å². The number of rotatable bonds is 1. The molecule has 0 unspecified atom stereocenters. The molecule has 1 heterocycles. The first-order valence-electron chi connectivity index (χ1n) is 5.64. The first kappa shape index (κ1) is 12.8. The maximum Gasteiger partial charge on any atom is 0.200 e. The second-order valence-corrected chi connectivity index (χ2v) is 5.95. The topological polar surface area (TPSA) is 17.1 Å². The number of fused-ring (bicyclic) bond motifs is 1. The summed E-state index contributed by atoms with van der Waals surface area (Å²) in [5.74, 6) is 0.0386. The van der Waals surface area contributed by atoms with Crippen molar-refractivity contribution in [1.82, 2.24) is 0 Å². The fraction of sp³-hybridized carbons (Fsp3) is 0. The zero-order valence-corrected chi connectivity index (χ0v) is 12.0. The standard InChI is InChI=1S/C15H8Cl2OS/c16-11-6-3-4-9(14(11)17)8-13-15(18)10-5-1-2-7-12(10)19-13/h1-8H/b13-8-. The number of Topliss-reactive ketones (excluding diaryl/α,β-unsaturated/α-hetero) is 1. The van der Waals surface area contributed by atoms with E-state index in [1.165, 1.54) is 11.8 Å². The van der Waals surface area contributed by atoms with E-state index in [-0.39, 0.29) is 5.78 Å². The van der Waals surface area contributed by atoms with Gasteiger partial charge in [-0.2, -0.15) is 0 Å². The van der Waals surface area contributed by atoms with Crippen LogP contribution in [0, 0.1) is 0 Å². The number of hydrogen-bond acceptors (Lipinski definition) is 2. The first-order valence-corrected chi connectivity index (χ1v) is 7.21. The van der Waals surface area contributed by atoms with Crippen LogP contribution in [0.3, 0.4) is 0 Å². The number of carbonyl (C=O) groups excluding carboxylic acids is 1. The molecule has 3 rings (SSSR count). The lowest BCUT2D eigenvalue weighted by molar-refractivity contribution is 0.104. The fourth-order valence-electron chi connectivity index (χ4n) is 1.91. The van der Waals surface area contributed by atoms with Crippen LogP contribution in [0.15, 0.2) is 52.3 Å². The van der Waals surface area contributed by atoms with Gasteiger partial charge in [0.05, 0.1) is 15.0 Å². The normalized spacial score (nSPS) is 15.9. The summed E-state index contributed by atoms with van der Waals surface area (Å²) in [5.41, 5.74) is 1.51. The SMILES string of the molecule is O=C1/C(=C/c2cccc(Cl)c2Cl)Sc2ccccc21. The molecule has 0 radical (unpaired) electrons. The van der Waals surface area contributed by atoms with Crippen molar-refractivity contribution in [1.29, 1.82) is 0 Å². The first-order chi connectivity index (χ1) is 9.16. The van der Waals surface area contributed by atoms with Crippen molar-refractivity contribution < 1.29 is 4.79 Å². The highest BCUT2D eigenvalue weighted by molar-refractivity contribution is 8.04. The predicted octanol–water partition coefficient (Wildman–Crippen LogP) is 5.32. The molecule has 0 bridgehead atoms. The molecular formula is C15H8Cl2OS. The van der Waals surface area contributed by atoms with E-state index >= 15 is 0 Å². The summed E-state index contributed by atoms with van der Waals surface area (Å²) in [4.78, 5) is 13.9. The van der Waals surface area contributed by atoms with Crippen LogP contribution in [-0.2, 0) is 0 Å². The molecule has 19 heavy (non-hydrogen) atoms. The maximum absolute atomic E-state index is 12.2. The molecule has 0 spiro atoms. The predicted molar refractivity (Wildman–Crippen MR) is 81.1 cm³/mol. The van der Waals surface area contributed by atoms with Gasteiger partial charge in [-0.3, -0.25) is 4.79 Å². The van der Waals surface area contributed by atoms with Gasteiger partial charge in [-0.05, 0) is 29.8 Å². The van der Waals surface area contributed by atoms with Crippen molar-refractivity contribution in [3.05, 3.63) is 68.5 Å². The van der Waals surface area contributed by atoms with Crippen LogP contribution in [0.5, 0.6) is 0 Å². The molecule has 0 aromatic heterocycles. The molecule has 0 saturated heterocycles. The Hall–Kier alpha value is -1.22. The Morgan fingerprint density at radius 1 is 1.00 bits per heavy atom. The van der Waals surface area contributed by atoms with Crippen molar-refractivity contribution in [2.75, 3.05) is 0 Å². The van der Waals surface area contributed by atoms with Gasteiger partial charge in [0.1, 0.15) is 0 Å². The number of hydrogen-bond donors (Lipinski definition) is 0. The number of thioether (sulfide) groups is 1. The second kappa shape index (κ2) is 5.04. The smallest absolute Gasteiger partial charge is 0.200 e. The van der Waals surface area contributed by atoms with E-state index < -0.39 is 0 Å². The Labute approximate surface area is 125 Å².